The summed E-state index contributed by atoms with van der Waals surface area (Å²) in [5.74, 6) is 1.47. The van der Waals surface area contributed by atoms with E-state index in [1.54, 1.807) is 0 Å². The lowest BCUT2D eigenvalue weighted by atomic mass is 9.97. The summed E-state index contributed by atoms with van der Waals surface area (Å²) in [5.41, 5.74) is 0. The van der Waals surface area contributed by atoms with E-state index in [4.69, 9.17) is 0 Å². The molecule has 2 rings (SSSR count). The van der Waals surface area contributed by atoms with Crippen molar-refractivity contribution in [2.24, 2.45) is 11.8 Å². The Bertz CT molecular complexity index is 292. The lowest BCUT2D eigenvalue weighted by molar-refractivity contribution is 0.0170. The zero-order valence-electron chi connectivity index (χ0n) is 14.2. The van der Waals surface area contributed by atoms with Crippen LogP contribution in [0.5, 0.6) is 0 Å². The average Bonchev–Trinajstić information content (AvgIpc) is 2.83. The summed E-state index contributed by atoms with van der Waals surface area (Å²) in [5, 5.41) is 3.63. The summed E-state index contributed by atoms with van der Waals surface area (Å²) in [7, 11) is 0. The van der Waals surface area contributed by atoms with Crippen molar-refractivity contribution in [3.63, 3.8) is 0 Å². The highest BCUT2D eigenvalue weighted by atomic mass is 15.3. The smallest absolute Gasteiger partial charge is 0.0224 e. The zero-order valence-corrected chi connectivity index (χ0v) is 14.2. The highest BCUT2D eigenvalue weighted by molar-refractivity contribution is 4.93. The predicted molar refractivity (Wildman–Crippen MR) is 87.1 cm³/mol. The van der Waals surface area contributed by atoms with E-state index < -0.39 is 0 Å². The van der Waals surface area contributed by atoms with Crippen LogP contribution in [0.2, 0.25) is 0 Å². The molecular weight excluding hydrogens is 246 g/mol. The first kappa shape index (κ1) is 16.3. The maximum absolute atomic E-state index is 3.63. The summed E-state index contributed by atoms with van der Waals surface area (Å²) in [4.78, 5) is 5.49. The average molecular weight is 281 g/mol. The van der Waals surface area contributed by atoms with Gasteiger partial charge in [0.1, 0.15) is 0 Å². The SMILES string of the molecule is CC(C)CNCC(C)C(C)N1CC2CCCN2CC1C. The molecule has 2 heterocycles. The van der Waals surface area contributed by atoms with Gasteiger partial charge in [0.2, 0.25) is 0 Å². The normalized spacial score (nSPS) is 31.5. The molecule has 1 N–H and O–H groups in total. The van der Waals surface area contributed by atoms with Gasteiger partial charge in [0.05, 0.1) is 0 Å². The van der Waals surface area contributed by atoms with E-state index in [9.17, 15) is 0 Å². The quantitative estimate of drug-likeness (QED) is 0.807. The number of piperazine rings is 1. The molecule has 2 saturated heterocycles. The first-order valence-electron chi connectivity index (χ1n) is 8.69. The van der Waals surface area contributed by atoms with Crippen LogP contribution in [0, 0.1) is 11.8 Å². The molecule has 4 atom stereocenters. The second-order valence-electron chi connectivity index (χ2n) is 7.61. The summed E-state index contributed by atoms with van der Waals surface area (Å²) in [6.45, 7) is 18.0. The van der Waals surface area contributed by atoms with E-state index in [-0.39, 0.29) is 0 Å². The van der Waals surface area contributed by atoms with E-state index in [0.717, 1.165) is 31.0 Å². The van der Waals surface area contributed by atoms with Crippen molar-refractivity contribution in [2.75, 3.05) is 32.7 Å². The molecule has 0 aromatic heterocycles. The van der Waals surface area contributed by atoms with Gasteiger partial charge in [-0.3, -0.25) is 9.80 Å². The Hall–Kier alpha value is -0.120. The first-order valence-corrected chi connectivity index (χ1v) is 8.69. The number of hydrogen-bond acceptors (Lipinski definition) is 3. The largest absolute Gasteiger partial charge is 0.316 e. The van der Waals surface area contributed by atoms with Crippen molar-refractivity contribution in [3.05, 3.63) is 0 Å². The molecule has 2 aliphatic heterocycles. The van der Waals surface area contributed by atoms with Crippen molar-refractivity contribution < 1.29 is 0 Å². The van der Waals surface area contributed by atoms with E-state index >= 15 is 0 Å². The molecule has 0 aliphatic carbocycles. The molecule has 0 saturated carbocycles. The molecule has 2 aliphatic rings. The molecule has 2 fully saturated rings. The van der Waals surface area contributed by atoms with Crippen molar-refractivity contribution in [1.82, 2.24) is 15.1 Å². The van der Waals surface area contributed by atoms with Gasteiger partial charge in [0, 0.05) is 31.2 Å². The highest BCUT2D eigenvalue weighted by Gasteiger charge is 2.37. The summed E-state index contributed by atoms with van der Waals surface area (Å²) in [6, 6.07) is 2.24. The van der Waals surface area contributed by atoms with Crippen LogP contribution in [0.1, 0.15) is 47.5 Å². The molecule has 0 aromatic rings. The molecule has 0 radical (unpaired) electrons. The molecule has 0 bridgehead atoms. The lowest BCUT2D eigenvalue weighted by Gasteiger charge is -2.46. The van der Waals surface area contributed by atoms with Gasteiger partial charge in [-0.2, -0.15) is 0 Å². The third-order valence-corrected chi connectivity index (χ3v) is 5.35. The second-order valence-corrected chi connectivity index (χ2v) is 7.61. The number of rotatable bonds is 6. The summed E-state index contributed by atoms with van der Waals surface area (Å²) < 4.78 is 0. The van der Waals surface area contributed by atoms with Gasteiger partial charge < -0.3 is 5.32 Å². The minimum atomic E-state index is 0.687. The Labute approximate surface area is 126 Å². The standard InChI is InChI=1S/C17H35N3/c1-13(2)9-18-10-14(3)16(5)20-12-17-7-6-8-19(17)11-15(20)4/h13-18H,6-12H2,1-5H3. The molecule has 3 nitrogen and oxygen atoms in total. The Balaban J connectivity index is 1.82. The molecule has 0 aromatic carbocycles. The highest BCUT2D eigenvalue weighted by Crippen LogP contribution is 2.27. The van der Waals surface area contributed by atoms with Crippen LogP contribution in [0.25, 0.3) is 0 Å². The number of fused-ring (bicyclic) bond motifs is 1. The number of nitrogens with zero attached hydrogens (tertiary/aromatic N) is 2. The van der Waals surface area contributed by atoms with Crippen molar-refractivity contribution in [3.8, 4) is 0 Å². The second kappa shape index (κ2) is 7.24. The number of nitrogens with one attached hydrogen (secondary N) is 1. The van der Waals surface area contributed by atoms with Gasteiger partial charge in [-0.1, -0.05) is 20.8 Å². The third-order valence-electron chi connectivity index (χ3n) is 5.35. The Morgan fingerprint density at radius 1 is 1.10 bits per heavy atom. The summed E-state index contributed by atoms with van der Waals surface area (Å²) in [6.07, 6.45) is 2.82. The predicted octanol–water partition coefficient (Wildman–Crippen LogP) is 2.43. The van der Waals surface area contributed by atoms with Crippen molar-refractivity contribution in [2.45, 2.75) is 65.6 Å². The molecule has 118 valence electrons. The van der Waals surface area contributed by atoms with Crippen LogP contribution in [0.3, 0.4) is 0 Å². The Morgan fingerprint density at radius 3 is 2.55 bits per heavy atom. The van der Waals surface area contributed by atoms with Gasteiger partial charge in [0.25, 0.3) is 0 Å². The molecular formula is C17H35N3. The van der Waals surface area contributed by atoms with Crippen molar-refractivity contribution >= 4 is 0 Å². The molecule has 3 heteroatoms. The monoisotopic (exact) mass is 281 g/mol. The van der Waals surface area contributed by atoms with Gasteiger partial charge in [-0.25, -0.2) is 0 Å². The maximum atomic E-state index is 3.63. The lowest BCUT2D eigenvalue weighted by Crippen LogP contribution is -2.59. The van der Waals surface area contributed by atoms with Gasteiger partial charge in [-0.15, -0.1) is 0 Å². The molecule has 0 amide bonds. The van der Waals surface area contributed by atoms with Crippen LogP contribution in [0.15, 0.2) is 0 Å². The van der Waals surface area contributed by atoms with Crippen LogP contribution >= 0.6 is 0 Å². The fraction of sp³-hybridized carbons (Fsp3) is 1.00. The molecule has 20 heavy (non-hydrogen) atoms. The fourth-order valence-electron chi connectivity index (χ4n) is 3.87. The minimum absolute atomic E-state index is 0.687. The van der Waals surface area contributed by atoms with Crippen LogP contribution in [-0.2, 0) is 0 Å². The van der Waals surface area contributed by atoms with Gasteiger partial charge in [0.15, 0.2) is 0 Å². The van der Waals surface area contributed by atoms with E-state index in [0.29, 0.717) is 12.1 Å². The minimum Gasteiger partial charge on any atom is -0.316 e. The van der Waals surface area contributed by atoms with E-state index in [2.05, 4.69) is 49.7 Å². The topological polar surface area (TPSA) is 18.5 Å². The van der Waals surface area contributed by atoms with Crippen LogP contribution < -0.4 is 5.32 Å². The third kappa shape index (κ3) is 3.96. The van der Waals surface area contributed by atoms with Gasteiger partial charge >= 0.3 is 0 Å². The molecule has 0 spiro atoms. The number of hydrogen-bond donors (Lipinski definition) is 1. The Morgan fingerprint density at radius 2 is 1.85 bits per heavy atom. The fourth-order valence-corrected chi connectivity index (χ4v) is 3.87. The van der Waals surface area contributed by atoms with E-state index in [1.807, 2.05) is 0 Å². The first-order chi connectivity index (χ1) is 9.49. The molecule has 4 unspecified atom stereocenters. The Kier molecular flexibility index (Phi) is 5.88. The maximum Gasteiger partial charge on any atom is 0.0224 e. The van der Waals surface area contributed by atoms with E-state index in [1.165, 1.54) is 32.5 Å². The van der Waals surface area contributed by atoms with Crippen molar-refractivity contribution in [1.29, 1.82) is 0 Å². The van der Waals surface area contributed by atoms with Crippen LogP contribution in [0.4, 0.5) is 0 Å². The summed E-state index contributed by atoms with van der Waals surface area (Å²) >= 11 is 0. The van der Waals surface area contributed by atoms with Crippen LogP contribution in [-0.4, -0.2) is 60.6 Å². The zero-order chi connectivity index (χ0) is 14.7. The van der Waals surface area contributed by atoms with Gasteiger partial charge in [-0.05, 0) is 58.2 Å².